The maximum absolute atomic E-state index is 12.1. The zero-order valence-corrected chi connectivity index (χ0v) is 17.0. The van der Waals surface area contributed by atoms with E-state index in [0.29, 0.717) is 35.4 Å². The molecule has 27 heavy (non-hydrogen) atoms. The van der Waals surface area contributed by atoms with Crippen molar-refractivity contribution in [2.24, 2.45) is 0 Å². The number of benzene rings is 2. The van der Waals surface area contributed by atoms with Crippen LogP contribution in [0.4, 0.5) is 10.5 Å². The van der Waals surface area contributed by atoms with Crippen molar-refractivity contribution in [2.45, 2.75) is 20.8 Å². The Morgan fingerprint density at radius 1 is 0.926 bits per heavy atom. The zero-order valence-electron chi connectivity index (χ0n) is 16.2. The van der Waals surface area contributed by atoms with E-state index < -0.39 is 0 Å². The summed E-state index contributed by atoms with van der Waals surface area (Å²) in [7, 11) is 3.00. The molecule has 0 fully saturated rings. The van der Waals surface area contributed by atoms with Gasteiger partial charge in [-0.2, -0.15) is 0 Å². The Balaban J connectivity index is 1.89. The third kappa shape index (κ3) is 5.44. The smallest absolute Gasteiger partial charge is 0.319 e. The van der Waals surface area contributed by atoms with Crippen molar-refractivity contribution in [3.05, 3.63) is 46.0 Å². The van der Waals surface area contributed by atoms with Crippen molar-refractivity contribution in [2.75, 3.05) is 32.7 Å². The van der Waals surface area contributed by atoms with Gasteiger partial charge in [-0.3, -0.25) is 0 Å². The van der Waals surface area contributed by atoms with Gasteiger partial charge < -0.3 is 24.8 Å². The van der Waals surface area contributed by atoms with E-state index in [1.165, 1.54) is 25.3 Å². The average molecular weight is 393 g/mol. The highest BCUT2D eigenvalue weighted by atomic mass is 35.5. The maximum Gasteiger partial charge on any atom is 0.319 e. The molecule has 2 rings (SSSR count). The van der Waals surface area contributed by atoms with E-state index in [4.69, 9.17) is 25.8 Å². The predicted octanol–water partition coefficient (Wildman–Crippen LogP) is 4.48. The summed E-state index contributed by atoms with van der Waals surface area (Å²) in [5.74, 6) is 1.71. The molecular weight excluding hydrogens is 368 g/mol. The summed E-state index contributed by atoms with van der Waals surface area (Å²) in [6.07, 6.45) is 0. The second-order valence-electron chi connectivity index (χ2n) is 6.12. The molecule has 146 valence electrons. The molecular formula is C20H25ClN2O4. The molecule has 0 atom stereocenters. The van der Waals surface area contributed by atoms with Crippen LogP contribution in [0.1, 0.15) is 16.7 Å². The number of aryl methyl sites for hydroxylation is 3. The second kappa shape index (κ2) is 9.37. The van der Waals surface area contributed by atoms with Crippen LogP contribution < -0.4 is 24.8 Å². The highest BCUT2D eigenvalue weighted by molar-refractivity contribution is 6.32. The Morgan fingerprint density at radius 3 is 2.26 bits per heavy atom. The third-order valence-corrected chi connectivity index (χ3v) is 4.45. The molecule has 0 spiro atoms. The van der Waals surface area contributed by atoms with Crippen molar-refractivity contribution >= 4 is 23.3 Å². The summed E-state index contributed by atoms with van der Waals surface area (Å²) >= 11 is 6.06. The quantitative estimate of drug-likeness (QED) is 0.681. The van der Waals surface area contributed by atoms with Crippen molar-refractivity contribution in [1.29, 1.82) is 0 Å². The number of anilines is 1. The van der Waals surface area contributed by atoms with Crippen molar-refractivity contribution in [1.82, 2.24) is 5.32 Å². The summed E-state index contributed by atoms with van der Waals surface area (Å²) in [6.45, 7) is 6.82. The molecule has 0 unspecified atom stereocenters. The predicted molar refractivity (Wildman–Crippen MR) is 108 cm³/mol. The highest BCUT2D eigenvalue weighted by Crippen LogP contribution is 2.35. The van der Waals surface area contributed by atoms with Gasteiger partial charge >= 0.3 is 6.03 Å². The third-order valence-electron chi connectivity index (χ3n) is 4.16. The van der Waals surface area contributed by atoms with Gasteiger partial charge in [0.2, 0.25) is 0 Å². The van der Waals surface area contributed by atoms with E-state index in [1.807, 2.05) is 19.9 Å². The molecule has 0 aliphatic rings. The van der Waals surface area contributed by atoms with Crippen LogP contribution in [0.25, 0.3) is 0 Å². The number of urea groups is 1. The van der Waals surface area contributed by atoms with Crippen molar-refractivity contribution in [3.63, 3.8) is 0 Å². The largest absolute Gasteiger partial charge is 0.495 e. The molecule has 2 amide bonds. The van der Waals surface area contributed by atoms with E-state index in [-0.39, 0.29) is 6.03 Å². The van der Waals surface area contributed by atoms with Gasteiger partial charge in [0, 0.05) is 12.1 Å². The lowest BCUT2D eigenvalue weighted by atomic mass is 10.1. The van der Waals surface area contributed by atoms with Crippen LogP contribution in [0.3, 0.4) is 0 Å². The first-order chi connectivity index (χ1) is 12.8. The molecule has 0 radical (unpaired) electrons. The van der Waals surface area contributed by atoms with Gasteiger partial charge in [0.05, 0.1) is 31.5 Å². The zero-order chi connectivity index (χ0) is 20.0. The van der Waals surface area contributed by atoms with Gasteiger partial charge in [0.1, 0.15) is 23.9 Å². The highest BCUT2D eigenvalue weighted by Gasteiger charge is 2.12. The van der Waals surface area contributed by atoms with Crippen molar-refractivity contribution in [3.8, 4) is 17.2 Å². The molecule has 0 aromatic heterocycles. The van der Waals surface area contributed by atoms with Crippen LogP contribution >= 0.6 is 11.6 Å². The molecule has 0 saturated heterocycles. The molecule has 6 nitrogen and oxygen atoms in total. The molecule has 0 aliphatic carbocycles. The van der Waals surface area contributed by atoms with Crippen LogP contribution in [0.2, 0.25) is 5.02 Å². The van der Waals surface area contributed by atoms with Crippen molar-refractivity contribution < 1.29 is 19.0 Å². The number of methoxy groups -OCH3 is 2. The summed E-state index contributed by atoms with van der Waals surface area (Å²) in [5, 5.41) is 5.87. The molecule has 2 aromatic carbocycles. The van der Waals surface area contributed by atoms with Crippen LogP contribution in [-0.2, 0) is 0 Å². The van der Waals surface area contributed by atoms with Gasteiger partial charge in [-0.1, -0.05) is 17.7 Å². The van der Waals surface area contributed by atoms with E-state index in [9.17, 15) is 4.79 Å². The summed E-state index contributed by atoms with van der Waals surface area (Å²) in [4.78, 5) is 12.1. The number of hydrogen-bond donors (Lipinski definition) is 2. The first-order valence-corrected chi connectivity index (χ1v) is 8.90. The van der Waals surface area contributed by atoms with Gasteiger partial charge in [-0.05, 0) is 43.5 Å². The molecule has 7 heteroatoms. The number of carbonyl (C=O) groups is 1. The monoisotopic (exact) mass is 392 g/mol. The SMILES string of the molecule is COc1cc(NC(=O)NCCOc2cc(C)c(C)cc2C)c(OC)cc1Cl. The number of amides is 2. The lowest BCUT2D eigenvalue weighted by molar-refractivity contribution is 0.247. The summed E-state index contributed by atoms with van der Waals surface area (Å²) in [6, 6.07) is 6.91. The molecule has 2 N–H and O–H groups in total. The topological polar surface area (TPSA) is 68.8 Å². The Labute approximate surface area is 164 Å². The summed E-state index contributed by atoms with van der Waals surface area (Å²) < 4.78 is 16.2. The average Bonchev–Trinajstić information content (AvgIpc) is 2.63. The fourth-order valence-corrected chi connectivity index (χ4v) is 2.77. The molecule has 0 aliphatic heterocycles. The Kier molecular flexibility index (Phi) is 7.19. The minimum Gasteiger partial charge on any atom is -0.495 e. The van der Waals surface area contributed by atoms with Crippen LogP contribution in [-0.4, -0.2) is 33.4 Å². The normalized spacial score (nSPS) is 10.3. The maximum atomic E-state index is 12.1. The number of carbonyl (C=O) groups excluding carboxylic acids is 1. The fraction of sp³-hybridized carbons (Fsp3) is 0.350. The first kappa shape index (κ1) is 20.7. The molecule has 0 heterocycles. The van der Waals surface area contributed by atoms with Gasteiger partial charge in [0.25, 0.3) is 0 Å². The molecule has 2 aromatic rings. The Morgan fingerprint density at radius 2 is 1.59 bits per heavy atom. The molecule has 0 saturated carbocycles. The van der Waals surface area contributed by atoms with E-state index in [0.717, 1.165) is 11.3 Å². The van der Waals surface area contributed by atoms with Crippen LogP contribution in [0.15, 0.2) is 24.3 Å². The number of nitrogens with one attached hydrogen (secondary N) is 2. The van der Waals surface area contributed by atoms with Gasteiger partial charge in [-0.25, -0.2) is 4.79 Å². The molecule has 0 bridgehead atoms. The number of hydrogen-bond acceptors (Lipinski definition) is 4. The van der Waals surface area contributed by atoms with E-state index >= 15 is 0 Å². The summed E-state index contributed by atoms with van der Waals surface area (Å²) in [5.41, 5.74) is 3.93. The minimum atomic E-state index is -0.377. The Hall–Kier alpha value is -2.60. The lowest BCUT2D eigenvalue weighted by Gasteiger charge is -2.14. The van der Waals surface area contributed by atoms with Gasteiger partial charge in [-0.15, -0.1) is 0 Å². The van der Waals surface area contributed by atoms with Crippen LogP contribution in [0, 0.1) is 20.8 Å². The van der Waals surface area contributed by atoms with Gasteiger partial charge in [0.15, 0.2) is 0 Å². The second-order valence-corrected chi connectivity index (χ2v) is 6.53. The van der Waals surface area contributed by atoms with E-state index in [1.54, 1.807) is 12.1 Å². The first-order valence-electron chi connectivity index (χ1n) is 8.52. The standard InChI is InChI=1S/C20H25ClN2O4/c1-12-8-14(3)17(9-13(12)2)27-7-6-22-20(24)23-16-11-18(25-4)15(21)10-19(16)26-5/h8-11H,6-7H2,1-5H3,(H2,22,23,24). The number of rotatable bonds is 7. The number of ether oxygens (including phenoxy) is 3. The lowest BCUT2D eigenvalue weighted by Crippen LogP contribution is -2.32. The number of halogens is 1. The van der Waals surface area contributed by atoms with Crippen LogP contribution in [0.5, 0.6) is 17.2 Å². The fourth-order valence-electron chi connectivity index (χ4n) is 2.54. The van der Waals surface area contributed by atoms with E-state index in [2.05, 4.69) is 23.6 Å². The minimum absolute atomic E-state index is 0.352. The Bertz CT molecular complexity index is 824.